The summed E-state index contributed by atoms with van der Waals surface area (Å²) < 4.78 is 13.0. The summed E-state index contributed by atoms with van der Waals surface area (Å²) in [7, 11) is 0. The maximum Gasteiger partial charge on any atom is 0.339 e. The zero-order valence-electron chi connectivity index (χ0n) is 7.64. The third-order valence-electron chi connectivity index (χ3n) is 1.94. The van der Waals surface area contributed by atoms with Gasteiger partial charge in [0, 0.05) is 0 Å². The average Bonchev–Trinajstić information content (AvgIpc) is 2.20. The van der Waals surface area contributed by atoms with E-state index >= 15 is 0 Å². The van der Waals surface area contributed by atoms with E-state index in [0.717, 1.165) is 12.1 Å². The number of aromatic hydroxyl groups is 1. The molecule has 1 aromatic rings. The first-order chi connectivity index (χ1) is 6.97. The van der Waals surface area contributed by atoms with Crippen LogP contribution >= 0.6 is 0 Å². The molecule has 0 aromatic heterocycles. The van der Waals surface area contributed by atoms with Crippen LogP contribution in [0.1, 0.15) is 22.0 Å². The molecular weight excluding hydrogens is 205 g/mol. The van der Waals surface area contributed by atoms with Crippen LogP contribution in [0.3, 0.4) is 0 Å². The SMILES string of the molecule is NC(CO)c1cc(F)c(O)c(C(=O)O)c1. The van der Waals surface area contributed by atoms with E-state index in [4.69, 9.17) is 21.1 Å². The number of hydrogen-bond donors (Lipinski definition) is 4. The fourth-order valence-electron chi connectivity index (χ4n) is 1.10. The van der Waals surface area contributed by atoms with Crippen LogP contribution in [0, 0.1) is 5.82 Å². The number of carboxylic acids is 1. The van der Waals surface area contributed by atoms with Crippen LogP contribution in [0.4, 0.5) is 4.39 Å². The van der Waals surface area contributed by atoms with Crippen molar-refractivity contribution in [3.05, 3.63) is 29.1 Å². The minimum atomic E-state index is -1.46. The monoisotopic (exact) mass is 215 g/mol. The van der Waals surface area contributed by atoms with E-state index < -0.39 is 35.7 Å². The summed E-state index contributed by atoms with van der Waals surface area (Å²) >= 11 is 0. The zero-order chi connectivity index (χ0) is 11.6. The lowest BCUT2D eigenvalue weighted by Crippen LogP contribution is -2.15. The van der Waals surface area contributed by atoms with Crippen LogP contribution in [-0.2, 0) is 0 Å². The molecule has 1 unspecified atom stereocenters. The molecule has 6 heteroatoms. The van der Waals surface area contributed by atoms with Crippen molar-refractivity contribution < 1.29 is 24.5 Å². The van der Waals surface area contributed by atoms with Gasteiger partial charge in [-0.25, -0.2) is 9.18 Å². The summed E-state index contributed by atoms with van der Waals surface area (Å²) in [5.41, 5.74) is 4.93. The molecule has 0 bridgehead atoms. The normalized spacial score (nSPS) is 12.5. The Morgan fingerprint density at radius 3 is 2.60 bits per heavy atom. The van der Waals surface area contributed by atoms with Gasteiger partial charge in [0.2, 0.25) is 0 Å². The third kappa shape index (κ3) is 2.23. The lowest BCUT2D eigenvalue weighted by Gasteiger charge is -2.10. The highest BCUT2D eigenvalue weighted by Gasteiger charge is 2.17. The van der Waals surface area contributed by atoms with Crippen molar-refractivity contribution in [2.24, 2.45) is 5.73 Å². The molecule has 0 aliphatic heterocycles. The molecule has 0 radical (unpaired) electrons. The maximum absolute atomic E-state index is 13.0. The molecule has 1 atom stereocenters. The van der Waals surface area contributed by atoms with Gasteiger partial charge in [-0.05, 0) is 17.7 Å². The molecule has 0 spiro atoms. The van der Waals surface area contributed by atoms with Crippen molar-refractivity contribution in [2.75, 3.05) is 6.61 Å². The minimum Gasteiger partial charge on any atom is -0.504 e. The highest BCUT2D eigenvalue weighted by molar-refractivity contribution is 5.91. The van der Waals surface area contributed by atoms with Gasteiger partial charge in [-0.15, -0.1) is 0 Å². The number of halogens is 1. The van der Waals surface area contributed by atoms with Crippen molar-refractivity contribution in [1.29, 1.82) is 0 Å². The number of aliphatic hydroxyl groups excluding tert-OH is 1. The van der Waals surface area contributed by atoms with Gasteiger partial charge in [-0.3, -0.25) is 0 Å². The van der Waals surface area contributed by atoms with E-state index in [1.54, 1.807) is 0 Å². The van der Waals surface area contributed by atoms with Crippen molar-refractivity contribution in [3.8, 4) is 5.75 Å². The zero-order valence-corrected chi connectivity index (χ0v) is 7.64. The molecule has 0 fully saturated rings. The minimum absolute atomic E-state index is 0.116. The highest BCUT2D eigenvalue weighted by Crippen LogP contribution is 2.25. The van der Waals surface area contributed by atoms with Gasteiger partial charge in [0.15, 0.2) is 11.6 Å². The van der Waals surface area contributed by atoms with Crippen LogP contribution in [-0.4, -0.2) is 27.9 Å². The second-order valence-corrected chi connectivity index (χ2v) is 2.99. The van der Waals surface area contributed by atoms with Crippen LogP contribution in [0.2, 0.25) is 0 Å². The summed E-state index contributed by atoms with van der Waals surface area (Å²) in [5, 5.41) is 26.4. The van der Waals surface area contributed by atoms with E-state index in [1.807, 2.05) is 0 Å². The van der Waals surface area contributed by atoms with E-state index in [9.17, 15) is 9.18 Å². The number of carboxylic acid groups (broad SMARTS) is 1. The van der Waals surface area contributed by atoms with Gasteiger partial charge in [0.25, 0.3) is 0 Å². The lowest BCUT2D eigenvalue weighted by atomic mass is 10.0. The van der Waals surface area contributed by atoms with Crippen molar-refractivity contribution in [3.63, 3.8) is 0 Å². The quantitative estimate of drug-likeness (QED) is 0.577. The van der Waals surface area contributed by atoms with Crippen LogP contribution in [0.15, 0.2) is 12.1 Å². The first-order valence-corrected chi connectivity index (χ1v) is 4.09. The molecule has 15 heavy (non-hydrogen) atoms. The van der Waals surface area contributed by atoms with E-state index in [1.165, 1.54) is 0 Å². The summed E-state index contributed by atoms with van der Waals surface area (Å²) in [5.74, 6) is -3.47. The second kappa shape index (κ2) is 4.24. The Kier molecular flexibility index (Phi) is 3.23. The molecule has 0 aliphatic carbocycles. The fraction of sp³-hybridized carbons (Fsp3) is 0.222. The van der Waals surface area contributed by atoms with Gasteiger partial charge < -0.3 is 21.1 Å². The van der Waals surface area contributed by atoms with E-state index in [0.29, 0.717) is 0 Å². The third-order valence-corrected chi connectivity index (χ3v) is 1.94. The van der Waals surface area contributed by atoms with Crippen LogP contribution < -0.4 is 5.73 Å². The predicted octanol–water partition coefficient (Wildman–Crippen LogP) is 0.222. The molecule has 0 amide bonds. The topological polar surface area (TPSA) is 104 Å². The Balaban J connectivity index is 3.29. The van der Waals surface area contributed by atoms with Crippen molar-refractivity contribution >= 4 is 5.97 Å². The Hall–Kier alpha value is -1.66. The maximum atomic E-state index is 13.0. The molecule has 1 aromatic carbocycles. The number of aliphatic hydroxyl groups is 1. The number of nitrogens with two attached hydrogens (primary N) is 1. The standard InChI is InChI=1S/C9H10FNO4/c10-6-2-4(7(11)3-12)1-5(8(6)13)9(14)15/h1-2,7,12-13H,3,11H2,(H,14,15). The molecule has 0 saturated heterocycles. The first kappa shape index (κ1) is 11.4. The largest absolute Gasteiger partial charge is 0.504 e. The first-order valence-electron chi connectivity index (χ1n) is 4.09. The number of phenols is 1. The average molecular weight is 215 g/mol. The van der Waals surface area contributed by atoms with Gasteiger partial charge in [0.1, 0.15) is 5.56 Å². The number of rotatable bonds is 3. The molecule has 5 nitrogen and oxygen atoms in total. The Morgan fingerprint density at radius 1 is 1.53 bits per heavy atom. The molecule has 82 valence electrons. The van der Waals surface area contributed by atoms with Crippen LogP contribution in [0.5, 0.6) is 5.75 Å². The van der Waals surface area contributed by atoms with Gasteiger partial charge in [-0.1, -0.05) is 0 Å². The number of aromatic carboxylic acids is 1. The van der Waals surface area contributed by atoms with Crippen molar-refractivity contribution in [1.82, 2.24) is 0 Å². The second-order valence-electron chi connectivity index (χ2n) is 2.99. The summed E-state index contributed by atoms with van der Waals surface area (Å²) in [6.07, 6.45) is 0. The van der Waals surface area contributed by atoms with Gasteiger partial charge in [-0.2, -0.15) is 0 Å². The van der Waals surface area contributed by atoms with Gasteiger partial charge >= 0.3 is 5.97 Å². The molecular formula is C9H10FNO4. The molecule has 0 heterocycles. The number of hydrogen-bond acceptors (Lipinski definition) is 4. The molecule has 0 aliphatic rings. The van der Waals surface area contributed by atoms with Gasteiger partial charge in [0.05, 0.1) is 12.6 Å². The smallest absolute Gasteiger partial charge is 0.339 e. The van der Waals surface area contributed by atoms with E-state index in [2.05, 4.69) is 0 Å². The summed E-state index contributed by atoms with van der Waals surface area (Å²) in [6.45, 7) is -0.441. The predicted molar refractivity (Wildman–Crippen MR) is 49.0 cm³/mol. The van der Waals surface area contributed by atoms with Crippen molar-refractivity contribution in [2.45, 2.75) is 6.04 Å². The fourth-order valence-corrected chi connectivity index (χ4v) is 1.10. The molecule has 1 rings (SSSR count). The Labute approximate surface area is 84.6 Å². The number of carbonyl (C=O) groups is 1. The lowest BCUT2D eigenvalue weighted by molar-refractivity contribution is 0.0692. The van der Waals surface area contributed by atoms with Crippen LogP contribution in [0.25, 0.3) is 0 Å². The summed E-state index contributed by atoms with van der Waals surface area (Å²) in [6, 6.07) is 1.04. The molecule has 0 saturated carbocycles. The number of benzene rings is 1. The summed E-state index contributed by atoms with van der Waals surface area (Å²) in [4.78, 5) is 10.6. The highest BCUT2D eigenvalue weighted by atomic mass is 19.1. The molecule has 5 N–H and O–H groups in total. The van der Waals surface area contributed by atoms with E-state index in [-0.39, 0.29) is 5.56 Å². The Bertz CT molecular complexity index is 394. The Morgan fingerprint density at radius 2 is 2.13 bits per heavy atom.